The Bertz CT molecular complexity index is 1100. The van der Waals surface area contributed by atoms with Crippen molar-refractivity contribution >= 4 is 23.4 Å². The first-order valence-corrected chi connectivity index (χ1v) is 10.4. The van der Waals surface area contributed by atoms with E-state index in [9.17, 15) is 9.59 Å². The van der Waals surface area contributed by atoms with Crippen molar-refractivity contribution in [1.29, 1.82) is 0 Å². The second-order valence-electron chi connectivity index (χ2n) is 7.73. The van der Waals surface area contributed by atoms with E-state index in [1.807, 2.05) is 66.4 Å². The van der Waals surface area contributed by atoms with Crippen molar-refractivity contribution < 1.29 is 9.59 Å². The Morgan fingerprint density at radius 2 is 1.67 bits per heavy atom. The number of benzene rings is 3. The molecule has 0 unspecified atom stereocenters. The van der Waals surface area contributed by atoms with Crippen LogP contribution in [0.25, 0.3) is 11.1 Å². The summed E-state index contributed by atoms with van der Waals surface area (Å²) in [4.78, 5) is 26.7. The maximum absolute atomic E-state index is 13.4. The standard InChI is InChI=1S/C25H23ClN2O2/c1-16-6-7-19(14-22(16)17-8-10-18(11-9-17)24(27)29)25(30)28(21-12-13-21)15-20-4-2-3-5-23(20)26/h2-11,14,21H,12-13,15H2,1H3,(H2,27,29). The van der Waals surface area contributed by atoms with Crippen LogP contribution in [0.5, 0.6) is 0 Å². The highest BCUT2D eigenvalue weighted by molar-refractivity contribution is 6.31. The Morgan fingerprint density at radius 3 is 2.30 bits per heavy atom. The minimum absolute atomic E-state index is 0.00688. The fourth-order valence-electron chi connectivity index (χ4n) is 3.61. The smallest absolute Gasteiger partial charge is 0.254 e. The summed E-state index contributed by atoms with van der Waals surface area (Å²) in [7, 11) is 0. The highest BCUT2D eigenvalue weighted by Crippen LogP contribution is 2.32. The van der Waals surface area contributed by atoms with Gasteiger partial charge in [0.15, 0.2) is 0 Å². The number of rotatable bonds is 6. The summed E-state index contributed by atoms with van der Waals surface area (Å²) >= 11 is 6.33. The fourth-order valence-corrected chi connectivity index (χ4v) is 3.80. The van der Waals surface area contributed by atoms with Crippen LogP contribution in [0.4, 0.5) is 0 Å². The van der Waals surface area contributed by atoms with Gasteiger partial charge in [-0.3, -0.25) is 9.59 Å². The van der Waals surface area contributed by atoms with Crippen molar-refractivity contribution in [2.45, 2.75) is 32.4 Å². The molecule has 0 atom stereocenters. The lowest BCUT2D eigenvalue weighted by atomic mass is 9.96. The molecule has 30 heavy (non-hydrogen) atoms. The summed E-state index contributed by atoms with van der Waals surface area (Å²) in [5.74, 6) is -0.450. The topological polar surface area (TPSA) is 63.4 Å². The highest BCUT2D eigenvalue weighted by Gasteiger charge is 2.33. The molecule has 2 amide bonds. The third-order valence-electron chi connectivity index (χ3n) is 5.51. The molecule has 0 aromatic heterocycles. The van der Waals surface area contributed by atoms with Gasteiger partial charge in [0, 0.05) is 28.7 Å². The van der Waals surface area contributed by atoms with Crippen LogP contribution in [0.1, 0.15) is 44.7 Å². The molecule has 3 aromatic rings. The first-order valence-electron chi connectivity index (χ1n) is 9.99. The minimum Gasteiger partial charge on any atom is -0.366 e. The van der Waals surface area contributed by atoms with Gasteiger partial charge in [-0.05, 0) is 72.4 Å². The molecule has 152 valence electrons. The number of aryl methyl sites for hydroxylation is 1. The first-order chi connectivity index (χ1) is 14.4. The lowest BCUT2D eigenvalue weighted by molar-refractivity contribution is 0.0730. The van der Waals surface area contributed by atoms with Gasteiger partial charge in [-0.25, -0.2) is 0 Å². The molecule has 4 rings (SSSR count). The third kappa shape index (κ3) is 4.24. The van der Waals surface area contributed by atoms with Gasteiger partial charge in [-0.1, -0.05) is 48.0 Å². The molecule has 1 aliphatic rings. The summed E-state index contributed by atoms with van der Waals surface area (Å²) in [5, 5.41) is 0.676. The average molecular weight is 419 g/mol. The molecule has 0 aliphatic heterocycles. The molecule has 0 spiro atoms. The van der Waals surface area contributed by atoms with Crippen LogP contribution in [0.3, 0.4) is 0 Å². The SMILES string of the molecule is Cc1ccc(C(=O)N(Cc2ccccc2Cl)C2CC2)cc1-c1ccc(C(N)=O)cc1. The van der Waals surface area contributed by atoms with E-state index < -0.39 is 5.91 Å². The Morgan fingerprint density at radius 1 is 1.00 bits per heavy atom. The molecule has 1 aliphatic carbocycles. The van der Waals surface area contributed by atoms with E-state index in [1.54, 1.807) is 12.1 Å². The Balaban J connectivity index is 1.64. The van der Waals surface area contributed by atoms with Gasteiger partial charge >= 0.3 is 0 Å². The zero-order valence-corrected chi connectivity index (χ0v) is 17.5. The zero-order chi connectivity index (χ0) is 21.3. The average Bonchev–Trinajstić information content (AvgIpc) is 3.58. The molecule has 4 nitrogen and oxygen atoms in total. The number of primary amides is 1. The van der Waals surface area contributed by atoms with Crippen LogP contribution >= 0.6 is 11.6 Å². The largest absolute Gasteiger partial charge is 0.366 e. The molecule has 2 N–H and O–H groups in total. The zero-order valence-electron chi connectivity index (χ0n) is 16.8. The first kappa shape index (κ1) is 20.2. The maximum Gasteiger partial charge on any atom is 0.254 e. The van der Waals surface area contributed by atoms with E-state index in [-0.39, 0.29) is 11.9 Å². The van der Waals surface area contributed by atoms with Gasteiger partial charge in [-0.15, -0.1) is 0 Å². The summed E-state index contributed by atoms with van der Waals surface area (Å²) < 4.78 is 0. The monoisotopic (exact) mass is 418 g/mol. The van der Waals surface area contributed by atoms with E-state index >= 15 is 0 Å². The minimum atomic E-state index is -0.457. The molecule has 1 saturated carbocycles. The molecular weight excluding hydrogens is 396 g/mol. The van der Waals surface area contributed by atoms with Crippen LogP contribution < -0.4 is 5.73 Å². The van der Waals surface area contributed by atoms with Gasteiger partial charge in [0.2, 0.25) is 5.91 Å². The summed E-state index contributed by atoms with van der Waals surface area (Å²) in [6.45, 7) is 2.51. The number of nitrogens with zero attached hydrogens (tertiary/aromatic N) is 1. The van der Waals surface area contributed by atoms with Crippen molar-refractivity contribution in [3.63, 3.8) is 0 Å². The maximum atomic E-state index is 13.4. The van der Waals surface area contributed by atoms with Crippen molar-refractivity contribution in [2.24, 2.45) is 5.73 Å². The van der Waals surface area contributed by atoms with Crippen LogP contribution in [-0.4, -0.2) is 22.8 Å². The third-order valence-corrected chi connectivity index (χ3v) is 5.88. The lowest BCUT2D eigenvalue weighted by Crippen LogP contribution is -2.32. The number of carbonyl (C=O) groups excluding carboxylic acids is 2. The molecule has 0 saturated heterocycles. The quantitative estimate of drug-likeness (QED) is 0.596. The van der Waals surface area contributed by atoms with Crippen LogP contribution in [0.2, 0.25) is 5.02 Å². The van der Waals surface area contributed by atoms with Crippen molar-refractivity contribution in [3.05, 3.63) is 94.0 Å². The summed E-state index contributed by atoms with van der Waals surface area (Å²) in [5.41, 5.74) is 10.4. The summed E-state index contributed by atoms with van der Waals surface area (Å²) in [6, 6.07) is 20.8. The van der Waals surface area contributed by atoms with E-state index in [2.05, 4.69) is 0 Å². The summed E-state index contributed by atoms with van der Waals surface area (Å²) in [6.07, 6.45) is 2.03. The number of hydrogen-bond donors (Lipinski definition) is 1. The van der Waals surface area contributed by atoms with Gasteiger partial charge in [0.05, 0.1) is 0 Å². The van der Waals surface area contributed by atoms with Crippen molar-refractivity contribution in [1.82, 2.24) is 4.90 Å². The number of carbonyl (C=O) groups is 2. The predicted molar refractivity (Wildman–Crippen MR) is 119 cm³/mol. The van der Waals surface area contributed by atoms with Gasteiger partial charge in [-0.2, -0.15) is 0 Å². The normalized spacial score (nSPS) is 13.1. The second kappa shape index (κ2) is 8.33. The molecule has 0 bridgehead atoms. The lowest BCUT2D eigenvalue weighted by Gasteiger charge is -2.24. The predicted octanol–water partition coefficient (Wildman–Crippen LogP) is 5.22. The molecule has 3 aromatic carbocycles. The highest BCUT2D eigenvalue weighted by atomic mass is 35.5. The van der Waals surface area contributed by atoms with E-state index in [0.717, 1.165) is 35.1 Å². The van der Waals surface area contributed by atoms with Gasteiger partial charge in [0.1, 0.15) is 0 Å². The number of halogens is 1. The van der Waals surface area contributed by atoms with E-state index in [4.69, 9.17) is 17.3 Å². The van der Waals surface area contributed by atoms with Gasteiger partial charge in [0.25, 0.3) is 5.91 Å². The number of amides is 2. The van der Waals surface area contributed by atoms with Crippen LogP contribution in [0, 0.1) is 6.92 Å². The fraction of sp³-hybridized carbons (Fsp3) is 0.200. The Kier molecular flexibility index (Phi) is 5.60. The second-order valence-corrected chi connectivity index (χ2v) is 8.13. The molecule has 0 heterocycles. The Labute approximate surface area is 181 Å². The van der Waals surface area contributed by atoms with E-state index in [0.29, 0.717) is 22.7 Å². The molecular formula is C25H23ClN2O2. The number of hydrogen-bond acceptors (Lipinski definition) is 2. The molecule has 0 radical (unpaired) electrons. The van der Waals surface area contributed by atoms with Crippen LogP contribution in [0.15, 0.2) is 66.7 Å². The van der Waals surface area contributed by atoms with E-state index in [1.165, 1.54) is 0 Å². The Hall–Kier alpha value is -3.11. The molecule has 5 heteroatoms. The van der Waals surface area contributed by atoms with Gasteiger partial charge < -0.3 is 10.6 Å². The number of nitrogens with two attached hydrogens (primary N) is 1. The van der Waals surface area contributed by atoms with Crippen LogP contribution in [-0.2, 0) is 6.54 Å². The molecule has 1 fully saturated rings. The van der Waals surface area contributed by atoms with Crippen molar-refractivity contribution in [3.8, 4) is 11.1 Å². The van der Waals surface area contributed by atoms with Crippen molar-refractivity contribution in [2.75, 3.05) is 0 Å².